The number of fused-ring (bicyclic) bond motifs is 9. The number of benzene rings is 8. The molecule has 4 aromatic heterocycles. The van der Waals surface area contributed by atoms with E-state index in [-0.39, 0.29) is 0 Å². The Morgan fingerprint density at radius 3 is 1.63 bits per heavy atom. The quantitative estimate of drug-likeness (QED) is 0.176. The van der Waals surface area contributed by atoms with E-state index in [1.807, 2.05) is 66.7 Å². The van der Waals surface area contributed by atoms with Crippen LogP contribution in [0.1, 0.15) is 0 Å². The predicted molar refractivity (Wildman–Crippen MR) is 230 cm³/mol. The molecule has 12 aromatic rings. The van der Waals surface area contributed by atoms with Gasteiger partial charge in [0.25, 0.3) is 0 Å². The molecule has 0 aliphatic heterocycles. The van der Waals surface area contributed by atoms with Crippen molar-refractivity contribution in [1.29, 1.82) is 0 Å². The Morgan fingerprint density at radius 1 is 0.333 bits per heavy atom. The maximum atomic E-state index is 6.54. The summed E-state index contributed by atoms with van der Waals surface area (Å²) in [4.78, 5) is 15.3. The van der Waals surface area contributed by atoms with Crippen LogP contribution in [0.2, 0.25) is 0 Å². The fourth-order valence-electron chi connectivity index (χ4n) is 8.42. The molecule has 266 valence electrons. The summed E-state index contributed by atoms with van der Waals surface area (Å²) in [5.41, 5.74) is 11.3. The Kier molecular flexibility index (Phi) is 6.83. The molecule has 0 aliphatic rings. The Morgan fingerprint density at radius 2 is 0.895 bits per heavy atom. The summed E-state index contributed by atoms with van der Waals surface area (Å²) in [6.45, 7) is 0. The number of aromatic nitrogens is 4. The molecule has 0 aliphatic carbocycles. The molecule has 57 heavy (non-hydrogen) atoms. The van der Waals surface area contributed by atoms with Gasteiger partial charge < -0.3 is 13.4 Å². The molecule has 12 rings (SSSR count). The summed E-state index contributed by atoms with van der Waals surface area (Å²) in [6.07, 6.45) is 0. The van der Waals surface area contributed by atoms with E-state index in [4.69, 9.17) is 23.8 Å². The van der Waals surface area contributed by atoms with Crippen molar-refractivity contribution in [1.82, 2.24) is 19.5 Å². The van der Waals surface area contributed by atoms with Crippen molar-refractivity contribution >= 4 is 65.7 Å². The molecule has 0 spiro atoms. The largest absolute Gasteiger partial charge is 0.456 e. The van der Waals surface area contributed by atoms with E-state index in [0.29, 0.717) is 17.5 Å². The second kappa shape index (κ2) is 12.3. The van der Waals surface area contributed by atoms with Gasteiger partial charge >= 0.3 is 0 Å². The fraction of sp³-hybridized carbons (Fsp3) is 0. The van der Waals surface area contributed by atoms with Crippen LogP contribution in [-0.4, -0.2) is 19.5 Å². The first-order valence-electron chi connectivity index (χ1n) is 19.0. The molecule has 0 saturated carbocycles. The lowest BCUT2D eigenvalue weighted by Crippen LogP contribution is -2.00. The third kappa shape index (κ3) is 5.01. The van der Waals surface area contributed by atoms with E-state index in [1.54, 1.807) is 0 Å². The topological polar surface area (TPSA) is 69.9 Å². The minimum absolute atomic E-state index is 0.554. The van der Waals surface area contributed by atoms with Gasteiger partial charge in [0.15, 0.2) is 17.5 Å². The lowest BCUT2D eigenvalue weighted by molar-refractivity contribution is 0.668. The number of hydrogen-bond acceptors (Lipinski definition) is 5. The third-order valence-corrected chi connectivity index (χ3v) is 11.0. The van der Waals surface area contributed by atoms with Crippen molar-refractivity contribution in [3.05, 3.63) is 182 Å². The Hall–Kier alpha value is -7.83. The summed E-state index contributed by atoms with van der Waals surface area (Å²) in [5.74, 6) is 1.69. The van der Waals surface area contributed by atoms with Gasteiger partial charge in [-0.05, 0) is 71.8 Å². The second-order valence-corrected chi connectivity index (χ2v) is 14.4. The minimum Gasteiger partial charge on any atom is -0.456 e. The van der Waals surface area contributed by atoms with Crippen LogP contribution < -0.4 is 0 Å². The Balaban J connectivity index is 1.03. The van der Waals surface area contributed by atoms with Crippen LogP contribution in [0, 0.1) is 0 Å². The van der Waals surface area contributed by atoms with Crippen LogP contribution >= 0.6 is 0 Å². The highest BCUT2D eigenvalue weighted by Gasteiger charge is 2.20. The van der Waals surface area contributed by atoms with Crippen molar-refractivity contribution in [3.8, 4) is 51.0 Å². The van der Waals surface area contributed by atoms with Crippen LogP contribution in [-0.2, 0) is 0 Å². The van der Waals surface area contributed by atoms with Gasteiger partial charge in [-0.2, -0.15) is 0 Å². The molecule has 0 radical (unpaired) electrons. The smallest absolute Gasteiger partial charge is 0.164 e. The van der Waals surface area contributed by atoms with Crippen molar-refractivity contribution in [2.75, 3.05) is 0 Å². The summed E-state index contributed by atoms with van der Waals surface area (Å²) in [5, 5.41) is 6.67. The number of rotatable bonds is 5. The zero-order valence-corrected chi connectivity index (χ0v) is 30.4. The molecule has 0 N–H and O–H groups in total. The average Bonchev–Trinajstić information content (AvgIpc) is 3.95. The molecule has 4 heterocycles. The monoisotopic (exact) mass is 730 g/mol. The van der Waals surface area contributed by atoms with E-state index in [9.17, 15) is 0 Å². The van der Waals surface area contributed by atoms with Gasteiger partial charge in [-0.3, -0.25) is 0 Å². The third-order valence-electron chi connectivity index (χ3n) is 11.0. The van der Waals surface area contributed by atoms with Crippen LogP contribution in [0.4, 0.5) is 0 Å². The molecule has 6 heteroatoms. The molecule has 0 amide bonds. The molecule has 0 saturated heterocycles. The van der Waals surface area contributed by atoms with Gasteiger partial charge in [-0.15, -0.1) is 0 Å². The average molecular weight is 731 g/mol. The van der Waals surface area contributed by atoms with Crippen molar-refractivity contribution in [2.45, 2.75) is 0 Å². The second-order valence-electron chi connectivity index (χ2n) is 14.4. The molecule has 0 atom stereocenters. The highest BCUT2D eigenvalue weighted by molar-refractivity contribution is 6.14. The predicted octanol–water partition coefficient (Wildman–Crippen LogP) is 13.4. The van der Waals surface area contributed by atoms with Gasteiger partial charge in [-0.25, -0.2) is 15.0 Å². The molecule has 8 aromatic carbocycles. The van der Waals surface area contributed by atoms with E-state index >= 15 is 0 Å². The van der Waals surface area contributed by atoms with Crippen LogP contribution in [0.25, 0.3) is 117 Å². The fourth-order valence-corrected chi connectivity index (χ4v) is 8.42. The van der Waals surface area contributed by atoms with Crippen molar-refractivity contribution < 1.29 is 8.83 Å². The molecular formula is C51H30N4O2. The van der Waals surface area contributed by atoms with Crippen LogP contribution in [0.5, 0.6) is 0 Å². The van der Waals surface area contributed by atoms with Gasteiger partial charge in [0.05, 0.1) is 11.0 Å². The highest BCUT2D eigenvalue weighted by Crippen LogP contribution is 2.41. The zero-order chi connectivity index (χ0) is 37.5. The summed E-state index contributed by atoms with van der Waals surface area (Å²) in [6, 6.07) is 62.7. The minimum atomic E-state index is 0.554. The maximum absolute atomic E-state index is 6.54. The van der Waals surface area contributed by atoms with Gasteiger partial charge in [-0.1, -0.05) is 121 Å². The SMILES string of the molecule is c1ccc(-c2nc(-c3ccc4c(c3)oc3ccc(-n5c6ccccc6c6ccccc65)cc34)nc(-c3cc(-c4ccccc4)c4c(c3)oc3ccccc34)n2)cc1. The molecule has 0 bridgehead atoms. The van der Waals surface area contributed by atoms with E-state index in [1.165, 1.54) is 21.8 Å². The maximum Gasteiger partial charge on any atom is 0.164 e. The molecule has 0 fully saturated rings. The van der Waals surface area contributed by atoms with E-state index in [2.05, 4.69) is 120 Å². The van der Waals surface area contributed by atoms with Gasteiger partial charge in [0.2, 0.25) is 0 Å². The number of hydrogen-bond donors (Lipinski definition) is 0. The van der Waals surface area contributed by atoms with E-state index < -0.39 is 0 Å². The first-order valence-corrected chi connectivity index (χ1v) is 19.0. The summed E-state index contributed by atoms with van der Waals surface area (Å²) >= 11 is 0. The first kappa shape index (κ1) is 31.5. The zero-order valence-electron chi connectivity index (χ0n) is 30.4. The van der Waals surface area contributed by atoms with Crippen LogP contribution in [0.15, 0.2) is 191 Å². The Bertz CT molecular complexity index is 3470. The van der Waals surface area contributed by atoms with Crippen molar-refractivity contribution in [2.24, 2.45) is 0 Å². The van der Waals surface area contributed by atoms with Gasteiger partial charge in [0, 0.05) is 54.7 Å². The van der Waals surface area contributed by atoms with Crippen LogP contribution in [0.3, 0.4) is 0 Å². The summed E-state index contributed by atoms with van der Waals surface area (Å²) in [7, 11) is 0. The lowest BCUT2D eigenvalue weighted by atomic mass is 9.97. The highest BCUT2D eigenvalue weighted by atomic mass is 16.3. The van der Waals surface area contributed by atoms with E-state index in [0.717, 1.165) is 77.4 Å². The van der Waals surface area contributed by atoms with Gasteiger partial charge in [0.1, 0.15) is 22.3 Å². The number of nitrogens with zero attached hydrogens (tertiary/aromatic N) is 4. The first-order chi connectivity index (χ1) is 28.2. The number of para-hydroxylation sites is 3. The normalized spacial score (nSPS) is 11.9. The molecule has 6 nitrogen and oxygen atoms in total. The van der Waals surface area contributed by atoms with Crippen molar-refractivity contribution in [3.63, 3.8) is 0 Å². The standard InChI is InChI=1S/C51H30N4O2/c1-3-13-31(14-4-1)40-27-34(29-47-48(40)39-19-9-12-22-44(39)57-47)51-53-49(32-15-5-2-6-16-32)52-50(54-51)33-23-25-38-41-30-35(24-26-45(41)56-46(38)28-33)55-42-20-10-7-17-36(42)37-18-8-11-21-43(37)55/h1-30H. The summed E-state index contributed by atoms with van der Waals surface area (Å²) < 4.78 is 15.3. The molecule has 0 unspecified atom stereocenters. The molecular weight excluding hydrogens is 701 g/mol. The number of furan rings is 2. The lowest BCUT2D eigenvalue weighted by Gasteiger charge is -2.11. The Labute approximate surface area is 325 Å².